The van der Waals surface area contributed by atoms with Crippen LogP contribution < -0.4 is 20.1 Å². The molecule has 0 heterocycles. The smallest absolute Gasteiger partial charge is 0.258 e. The molecule has 0 aromatic heterocycles. The van der Waals surface area contributed by atoms with Gasteiger partial charge in [-0.1, -0.05) is 41.9 Å². The molecule has 0 spiro atoms. The van der Waals surface area contributed by atoms with Gasteiger partial charge in [0.05, 0.1) is 7.11 Å². The molecule has 5 nitrogen and oxygen atoms in total. The van der Waals surface area contributed by atoms with Gasteiger partial charge in [0.1, 0.15) is 0 Å². The highest BCUT2D eigenvalue weighted by Crippen LogP contribution is 2.33. The first-order valence-corrected chi connectivity index (χ1v) is 9.21. The maximum Gasteiger partial charge on any atom is 0.258 e. The fraction of sp³-hybridized carbons (Fsp3) is 0.381. The van der Waals surface area contributed by atoms with Crippen molar-refractivity contribution in [3.8, 4) is 11.5 Å². The third-order valence-electron chi connectivity index (χ3n) is 3.69. The first-order valence-electron chi connectivity index (χ1n) is 8.83. The number of carbonyl (C=O) groups excluding carboxylic acids is 1. The minimum atomic E-state index is -0.309. The molecule has 0 aliphatic heterocycles. The second-order valence-electron chi connectivity index (χ2n) is 7.27. The highest BCUT2D eigenvalue weighted by atomic mass is 35.5. The van der Waals surface area contributed by atoms with Crippen LogP contribution in [0.3, 0.4) is 0 Å². The van der Waals surface area contributed by atoms with Crippen molar-refractivity contribution in [3.63, 3.8) is 0 Å². The Labute approximate surface area is 166 Å². The Hall–Kier alpha value is -2.24. The first kappa shape index (κ1) is 21.1. The van der Waals surface area contributed by atoms with Crippen molar-refractivity contribution in [2.75, 3.05) is 13.7 Å². The SMILES string of the molecule is COc1cc(CNCc2ccccc2)c(Cl)cc1OCC(=O)NC(C)(C)C. The van der Waals surface area contributed by atoms with Crippen LogP contribution in [0.5, 0.6) is 11.5 Å². The van der Waals surface area contributed by atoms with Crippen molar-refractivity contribution in [1.82, 2.24) is 10.6 Å². The minimum absolute atomic E-state index is 0.102. The van der Waals surface area contributed by atoms with Crippen LogP contribution in [0.15, 0.2) is 42.5 Å². The monoisotopic (exact) mass is 390 g/mol. The van der Waals surface area contributed by atoms with Gasteiger partial charge in [0.2, 0.25) is 0 Å². The molecule has 2 rings (SSSR count). The molecule has 0 aliphatic carbocycles. The average Bonchev–Trinajstić information content (AvgIpc) is 2.61. The Morgan fingerprint density at radius 2 is 1.78 bits per heavy atom. The Kier molecular flexibility index (Phi) is 7.51. The van der Waals surface area contributed by atoms with Gasteiger partial charge >= 0.3 is 0 Å². The van der Waals surface area contributed by atoms with Crippen LogP contribution in [0.2, 0.25) is 5.02 Å². The molecule has 27 heavy (non-hydrogen) atoms. The van der Waals surface area contributed by atoms with E-state index in [-0.39, 0.29) is 18.1 Å². The summed E-state index contributed by atoms with van der Waals surface area (Å²) in [5.74, 6) is 0.784. The van der Waals surface area contributed by atoms with E-state index in [0.29, 0.717) is 23.1 Å². The summed E-state index contributed by atoms with van der Waals surface area (Å²) in [6, 6.07) is 13.7. The predicted molar refractivity (Wildman–Crippen MR) is 108 cm³/mol. The molecule has 0 unspecified atom stereocenters. The topological polar surface area (TPSA) is 59.6 Å². The number of hydrogen-bond donors (Lipinski definition) is 2. The van der Waals surface area contributed by atoms with E-state index in [2.05, 4.69) is 22.8 Å². The number of ether oxygens (including phenoxy) is 2. The average molecular weight is 391 g/mol. The summed E-state index contributed by atoms with van der Waals surface area (Å²) in [5.41, 5.74) is 1.79. The standard InChI is InChI=1S/C21H27ClN2O3/c1-21(2,3)24-20(25)14-27-19-11-17(22)16(10-18(19)26-4)13-23-12-15-8-6-5-7-9-15/h5-11,23H,12-14H2,1-4H3,(H,24,25). The van der Waals surface area contributed by atoms with Crippen LogP contribution >= 0.6 is 11.6 Å². The number of benzene rings is 2. The molecular formula is C21H27ClN2O3. The molecule has 0 saturated carbocycles. The Bertz CT molecular complexity index is 758. The highest BCUT2D eigenvalue weighted by Gasteiger charge is 2.16. The summed E-state index contributed by atoms with van der Waals surface area (Å²) in [4.78, 5) is 11.9. The predicted octanol–water partition coefficient (Wildman–Crippen LogP) is 3.93. The molecule has 0 fully saturated rings. The maximum absolute atomic E-state index is 11.9. The number of rotatable bonds is 8. The van der Waals surface area contributed by atoms with Crippen molar-refractivity contribution < 1.29 is 14.3 Å². The van der Waals surface area contributed by atoms with E-state index in [0.717, 1.165) is 12.1 Å². The van der Waals surface area contributed by atoms with Gasteiger partial charge in [-0.05, 0) is 38.0 Å². The van der Waals surface area contributed by atoms with E-state index in [1.807, 2.05) is 45.0 Å². The Morgan fingerprint density at radius 3 is 2.41 bits per heavy atom. The molecule has 0 aliphatic rings. The summed E-state index contributed by atoms with van der Waals surface area (Å²) in [7, 11) is 1.56. The second-order valence-corrected chi connectivity index (χ2v) is 7.68. The number of halogens is 1. The number of amides is 1. The van der Waals surface area contributed by atoms with Gasteiger partial charge in [0, 0.05) is 29.7 Å². The highest BCUT2D eigenvalue weighted by molar-refractivity contribution is 6.31. The van der Waals surface area contributed by atoms with Crippen molar-refractivity contribution >= 4 is 17.5 Å². The van der Waals surface area contributed by atoms with Crippen molar-refractivity contribution in [1.29, 1.82) is 0 Å². The third-order valence-corrected chi connectivity index (χ3v) is 4.05. The molecule has 2 N–H and O–H groups in total. The quantitative estimate of drug-likeness (QED) is 0.717. The van der Waals surface area contributed by atoms with Gasteiger partial charge in [-0.25, -0.2) is 0 Å². The summed E-state index contributed by atoms with van der Waals surface area (Å²) in [5, 5.41) is 6.77. The Balaban J connectivity index is 1.98. The lowest BCUT2D eigenvalue weighted by molar-refractivity contribution is -0.124. The van der Waals surface area contributed by atoms with E-state index in [1.54, 1.807) is 13.2 Å². The fourth-order valence-electron chi connectivity index (χ4n) is 2.52. The van der Waals surface area contributed by atoms with E-state index < -0.39 is 0 Å². The van der Waals surface area contributed by atoms with Crippen LogP contribution in [0.4, 0.5) is 0 Å². The lowest BCUT2D eigenvalue weighted by atomic mass is 10.1. The zero-order valence-corrected chi connectivity index (χ0v) is 17.0. The van der Waals surface area contributed by atoms with Gasteiger partial charge in [-0.15, -0.1) is 0 Å². The van der Waals surface area contributed by atoms with Gasteiger partial charge < -0.3 is 20.1 Å². The van der Waals surface area contributed by atoms with Crippen LogP contribution in [0, 0.1) is 0 Å². The molecule has 6 heteroatoms. The van der Waals surface area contributed by atoms with Crippen molar-refractivity contribution in [2.45, 2.75) is 39.4 Å². The second kappa shape index (κ2) is 9.62. The summed E-state index contributed by atoms with van der Waals surface area (Å²) >= 11 is 6.39. The molecule has 2 aromatic carbocycles. The third kappa shape index (κ3) is 7.12. The summed E-state index contributed by atoms with van der Waals surface area (Å²) in [6.45, 7) is 6.98. The number of hydrogen-bond acceptors (Lipinski definition) is 4. The molecule has 1 amide bonds. The normalized spacial score (nSPS) is 11.1. The molecule has 0 atom stereocenters. The molecule has 2 aromatic rings. The number of nitrogens with one attached hydrogen (secondary N) is 2. The molecule has 0 bridgehead atoms. The van der Waals surface area contributed by atoms with Gasteiger partial charge in [-0.2, -0.15) is 0 Å². The van der Waals surface area contributed by atoms with Crippen LogP contribution in [0.1, 0.15) is 31.9 Å². The van der Waals surface area contributed by atoms with Crippen LogP contribution in [0.25, 0.3) is 0 Å². The largest absolute Gasteiger partial charge is 0.493 e. The van der Waals surface area contributed by atoms with Gasteiger partial charge in [0.15, 0.2) is 18.1 Å². The number of methoxy groups -OCH3 is 1. The van der Waals surface area contributed by atoms with Crippen LogP contribution in [-0.4, -0.2) is 25.2 Å². The van der Waals surface area contributed by atoms with E-state index >= 15 is 0 Å². The van der Waals surface area contributed by atoms with Gasteiger partial charge in [-0.3, -0.25) is 4.79 Å². The van der Waals surface area contributed by atoms with Gasteiger partial charge in [0.25, 0.3) is 5.91 Å². The Morgan fingerprint density at radius 1 is 1.07 bits per heavy atom. The first-order chi connectivity index (χ1) is 12.8. The fourth-order valence-corrected chi connectivity index (χ4v) is 2.74. The molecule has 0 saturated heterocycles. The maximum atomic E-state index is 11.9. The molecule has 146 valence electrons. The lowest BCUT2D eigenvalue weighted by Crippen LogP contribution is -2.43. The van der Waals surface area contributed by atoms with E-state index in [9.17, 15) is 4.79 Å². The van der Waals surface area contributed by atoms with E-state index in [4.69, 9.17) is 21.1 Å². The zero-order valence-electron chi connectivity index (χ0n) is 16.3. The zero-order chi connectivity index (χ0) is 19.9. The van der Waals surface area contributed by atoms with Crippen molar-refractivity contribution in [2.24, 2.45) is 0 Å². The molecular weight excluding hydrogens is 364 g/mol. The van der Waals surface area contributed by atoms with E-state index in [1.165, 1.54) is 5.56 Å². The van der Waals surface area contributed by atoms with Crippen LogP contribution in [-0.2, 0) is 17.9 Å². The number of carbonyl (C=O) groups is 1. The summed E-state index contributed by atoms with van der Waals surface area (Å²) in [6.07, 6.45) is 0. The molecule has 0 radical (unpaired) electrons. The summed E-state index contributed by atoms with van der Waals surface area (Å²) < 4.78 is 11.0. The lowest BCUT2D eigenvalue weighted by Gasteiger charge is -2.21. The van der Waals surface area contributed by atoms with Crippen molar-refractivity contribution in [3.05, 3.63) is 58.6 Å². The minimum Gasteiger partial charge on any atom is -0.493 e.